The van der Waals surface area contributed by atoms with Crippen LogP contribution >= 0.6 is 11.9 Å². The van der Waals surface area contributed by atoms with Crippen LogP contribution < -0.4 is 4.72 Å². The molecule has 0 saturated heterocycles. The largest absolute Gasteiger partial charge is 0.391 e. The summed E-state index contributed by atoms with van der Waals surface area (Å²) in [5, 5.41) is 9.42. The highest BCUT2D eigenvalue weighted by atomic mass is 32.2. The monoisotopic (exact) mass is 161 g/mol. The van der Waals surface area contributed by atoms with Crippen molar-refractivity contribution >= 4 is 11.9 Å². The highest BCUT2D eigenvalue weighted by Gasteiger charge is 2.21. The van der Waals surface area contributed by atoms with Gasteiger partial charge in [-0.2, -0.15) is 0 Å². The van der Waals surface area contributed by atoms with E-state index < -0.39 is 0 Å². The molecule has 0 spiro atoms. The van der Waals surface area contributed by atoms with Gasteiger partial charge in [0.25, 0.3) is 0 Å². The first kappa shape index (κ1) is 8.37. The molecule has 0 amide bonds. The van der Waals surface area contributed by atoms with Gasteiger partial charge in [-0.25, -0.2) is 0 Å². The van der Waals surface area contributed by atoms with Crippen LogP contribution in [0.1, 0.15) is 25.7 Å². The van der Waals surface area contributed by atoms with Gasteiger partial charge in [-0.3, -0.25) is 4.72 Å². The molecule has 0 aromatic heterocycles. The van der Waals surface area contributed by atoms with E-state index >= 15 is 0 Å². The molecule has 1 aliphatic carbocycles. The third kappa shape index (κ3) is 2.15. The molecular formula is C7H15NOS. The summed E-state index contributed by atoms with van der Waals surface area (Å²) in [6.45, 7) is 0. The maximum absolute atomic E-state index is 9.42. The van der Waals surface area contributed by atoms with Gasteiger partial charge < -0.3 is 5.11 Å². The molecule has 1 aliphatic rings. The Balaban J connectivity index is 2.25. The molecule has 1 rings (SSSR count). The van der Waals surface area contributed by atoms with Crippen LogP contribution in [0.25, 0.3) is 0 Å². The summed E-state index contributed by atoms with van der Waals surface area (Å²) in [7, 11) is 0. The second-order valence-electron chi connectivity index (χ2n) is 2.78. The van der Waals surface area contributed by atoms with Crippen LogP contribution in [0.2, 0.25) is 0 Å². The molecule has 0 aliphatic heterocycles. The van der Waals surface area contributed by atoms with Gasteiger partial charge in [-0.05, 0) is 19.1 Å². The molecule has 0 aromatic rings. The molecular weight excluding hydrogens is 146 g/mol. The van der Waals surface area contributed by atoms with E-state index in [4.69, 9.17) is 0 Å². The summed E-state index contributed by atoms with van der Waals surface area (Å²) < 4.78 is 3.20. The van der Waals surface area contributed by atoms with Gasteiger partial charge in [0.05, 0.1) is 6.10 Å². The van der Waals surface area contributed by atoms with Crippen LogP contribution in [0, 0.1) is 0 Å². The first-order valence-electron chi connectivity index (χ1n) is 3.81. The number of nitrogens with one attached hydrogen (secondary N) is 1. The summed E-state index contributed by atoms with van der Waals surface area (Å²) in [6, 6.07) is 0.337. The molecule has 3 heteroatoms. The molecule has 0 radical (unpaired) electrons. The van der Waals surface area contributed by atoms with Gasteiger partial charge in [-0.15, -0.1) is 0 Å². The lowest BCUT2D eigenvalue weighted by atomic mass is 9.93. The molecule has 10 heavy (non-hydrogen) atoms. The van der Waals surface area contributed by atoms with E-state index in [1.165, 1.54) is 12.8 Å². The number of hydrogen-bond donors (Lipinski definition) is 2. The van der Waals surface area contributed by atoms with Crippen LogP contribution in [0.15, 0.2) is 0 Å². The van der Waals surface area contributed by atoms with Gasteiger partial charge in [-0.1, -0.05) is 24.8 Å². The Bertz CT molecular complexity index is 97.6. The van der Waals surface area contributed by atoms with Crippen molar-refractivity contribution in [2.24, 2.45) is 0 Å². The number of hydrogen-bond acceptors (Lipinski definition) is 3. The molecule has 1 fully saturated rings. The highest BCUT2D eigenvalue weighted by molar-refractivity contribution is 7.96. The standard InChI is InChI=1S/C7H15NOS/c1-10-8-6-4-2-3-5-7(6)9/h6-9H,2-5H2,1H3/t6-,7-/m1/s1. The van der Waals surface area contributed by atoms with Gasteiger partial charge in [0.15, 0.2) is 0 Å². The second kappa shape index (κ2) is 4.21. The van der Waals surface area contributed by atoms with Gasteiger partial charge in [0, 0.05) is 6.04 Å². The molecule has 0 heterocycles. The Morgan fingerprint density at radius 3 is 2.70 bits per heavy atom. The van der Waals surface area contributed by atoms with E-state index in [-0.39, 0.29) is 6.10 Å². The normalized spacial score (nSPS) is 34.2. The lowest BCUT2D eigenvalue weighted by Gasteiger charge is -2.27. The van der Waals surface area contributed by atoms with E-state index in [9.17, 15) is 5.11 Å². The smallest absolute Gasteiger partial charge is 0.0702 e. The fourth-order valence-corrected chi connectivity index (χ4v) is 1.98. The Morgan fingerprint density at radius 1 is 1.40 bits per heavy atom. The highest BCUT2D eigenvalue weighted by Crippen LogP contribution is 2.19. The van der Waals surface area contributed by atoms with Crippen molar-refractivity contribution < 1.29 is 5.11 Å². The van der Waals surface area contributed by atoms with Crippen LogP contribution in [0.4, 0.5) is 0 Å². The zero-order valence-corrected chi connectivity index (χ0v) is 7.16. The second-order valence-corrected chi connectivity index (χ2v) is 3.42. The zero-order valence-electron chi connectivity index (χ0n) is 6.34. The Labute approximate surface area is 66.5 Å². The number of aliphatic hydroxyl groups excluding tert-OH is 1. The quantitative estimate of drug-likeness (QED) is 0.596. The number of rotatable bonds is 2. The van der Waals surface area contributed by atoms with Gasteiger partial charge in [0.2, 0.25) is 0 Å². The summed E-state index contributed by atoms with van der Waals surface area (Å²) >= 11 is 1.60. The topological polar surface area (TPSA) is 32.3 Å². The van der Waals surface area contributed by atoms with E-state index in [1.54, 1.807) is 11.9 Å². The SMILES string of the molecule is CSN[C@@H]1CCCC[C@H]1O. The van der Waals surface area contributed by atoms with Crippen LogP contribution in [0.3, 0.4) is 0 Å². The summed E-state index contributed by atoms with van der Waals surface area (Å²) in [6.07, 6.45) is 6.44. The fourth-order valence-electron chi connectivity index (χ4n) is 1.40. The Hall–Kier alpha value is 0.270. The lowest BCUT2D eigenvalue weighted by molar-refractivity contribution is 0.103. The predicted octanol–water partition coefficient (Wildman–Crippen LogP) is 1.16. The maximum Gasteiger partial charge on any atom is 0.0702 e. The lowest BCUT2D eigenvalue weighted by Crippen LogP contribution is -2.38. The fraction of sp³-hybridized carbons (Fsp3) is 1.00. The molecule has 0 unspecified atom stereocenters. The molecule has 60 valence electrons. The number of aliphatic hydroxyl groups is 1. The maximum atomic E-state index is 9.42. The van der Waals surface area contributed by atoms with E-state index in [0.717, 1.165) is 12.8 Å². The molecule has 0 bridgehead atoms. The minimum Gasteiger partial charge on any atom is -0.391 e. The molecule has 1 saturated carbocycles. The van der Waals surface area contributed by atoms with E-state index in [2.05, 4.69) is 4.72 Å². The average molecular weight is 161 g/mol. The van der Waals surface area contributed by atoms with Crippen LogP contribution in [-0.2, 0) is 0 Å². The van der Waals surface area contributed by atoms with Crippen LogP contribution in [-0.4, -0.2) is 23.5 Å². The molecule has 2 atom stereocenters. The van der Waals surface area contributed by atoms with Crippen molar-refractivity contribution in [3.63, 3.8) is 0 Å². The average Bonchev–Trinajstić information content (AvgIpc) is 1.94. The van der Waals surface area contributed by atoms with Crippen molar-refractivity contribution in [3.8, 4) is 0 Å². The minimum atomic E-state index is -0.110. The Morgan fingerprint density at radius 2 is 2.10 bits per heavy atom. The van der Waals surface area contributed by atoms with Crippen molar-refractivity contribution in [3.05, 3.63) is 0 Å². The van der Waals surface area contributed by atoms with E-state index in [1.807, 2.05) is 6.26 Å². The predicted molar refractivity (Wildman–Crippen MR) is 44.9 cm³/mol. The van der Waals surface area contributed by atoms with E-state index in [0.29, 0.717) is 6.04 Å². The van der Waals surface area contributed by atoms with Crippen LogP contribution in [0.5, 0.6) is 0 Å². The zero-order chi connectivity index (χ0) is 7.40. The summed E-state index contributed by atoms with van der Waals surface area (Å²) in [5.74, 6) is 0. The third-order valence-corrected chi connectivity index (χ3v) is 2.54. The first-order valence-corrected chi connectivity index (χ1v) is 5.03. The van der Waals surface area contributed by atoms with Crippen molar-refractivity contribution in [1.82, 2.24) is 4.72 Å². The minimum absolute atomic E-state index is 0.110. The van der Waals surface area contributed by atoms with Crippen molar-refractivity contribution in [1.29, 1.82) is 0 Å². The summed E-state index contributed by atoms with van der Waals surface area (Å²) in [5.41, 5.74) is 0. The summed E-state index contributed by atoms with van der Waals surface area (Å²) in [4.78, 5) is 0. The molecule has 2 nitrogen and oxygen atoms in total. The van der Waals surface area contributed by atoms with Gasteiger partial charge in [0.1, 0.15) is 0 Å². The van der Waals surface area contributed by atoms with Crippen molar-refractivity contribution in [2.75, 3.05) is 6.26 Å². The molecule has 0 aromatic carbocycles. The molecule has 2 N–H and O–H groups in total. The third-order valence-electron chi connectivity index (χ3n) is 2.00. The first-order chi connectivity index (χ1) is 4.84. The van der Waals surface area contributed by atoms with Gasteiger partial charge >= 0.3 is 0 Å². The Kier molecular flexibility index (Phi) is 3.52. The van der Waals surface area contributed by atoms with Crippen molar-refractivity contribution in [2.45, 2.75) is 37.8 Å².